The van der Waals surface area contributed by atoms with Crippen molar-refractivity contribution in [2.45, 2.75) is 46.1 Å². The number of rotatable bonds is 4. The first-order chi connectivity index (χ1) is 9.84. The number of aromatic nitrogens is 2. The summed E-state index contributed by atoms with van der Waals surface area (Å²) in [4.78, 5) is 12.6. The molecule has 0 aliphatic carbocycles. The molecule has 0 amide bonds. The van der Waals surface area contributed by atoms with Crippen molar-refractivity contribution in [2.24, 2.45) is 0 Å². The lowest BCUT2D eigenvalue weighted by Crippen LogP contribution is -2.14. The SMILES string of the molecule is CCCn1ncc(Cl)c1C(=O)c1ccc(C(C)(C)C)cc1. The number of hydrogen-bond donors (Lipinski definition) is 0. The summed E-state index contributed by atoms with van der Waals surface area (Å²) in [6.07, 6.45) is 2.44. The Bertz CT molecular complexity index is 636. The molecule has 1 aromatic heterocycles. The van der Waals surface area contributed by atoms with Crippen LogP contribution in [0.25, 0.3) is 0 Å². The zero-order valence-corrected chi connectivity index (χ0v) is 13.7. The molecule has 4 heteroatoms. The van der Waals surface area contributed by atoms with Crippen LogP contribution in [-0.2, 0) is 12.0 Å². The summed E-state index contributed by atoms with van der Waals surface area (Å²) in [5, 5.41) is 4.58. The van der Waals surface area contributed by atoms with E-state index >= 15 is 0 Å². The number of ketones is 1. The van der Waals surface area contributed by atoms with Crippen LogP contribution < -0.4 is 0 Å². The molecule has 0 aliphatic rings. The van der Waals surface area contributed by atoms with Gasteiger partial charge in [0.15, 0.2) is 0 Å². The van der Waals surface area contributed by atoms with E-state index in [1.54, 1.807) is 4.68 Å². The summed E-state index contributed by atoms with van der Waals surface area (Å²) >= 11 is 6.13. The first-order valence-electron chi connectivity index (χ1n) is 7.21. The molecule has 0 aliphatic heterocycles. The van der Waals surface area contributed by atoms with E-state index < -0.39 is 0 Å². The minimum absolute atomic E-state index is 0.0726. The molecule has 2 aromatic rings. The number of aryl methyl sites for hydroxylation is 1. The maximum Gasteiger partial charge on any atom is 0.212 e. The topological polar surface area (TPSA) is 34.9 Å². The monoisotopic (exact) mass is 304 g/mol. The Hall–Kier alpha value is -1.61. The fourth-order valence-electron chi connectivity index (χ4n) is 2.23. The highest BCUT2D eigenvalue weighted by Gasteiger charge is 2.20. The predicted octanol–water partition coefficient (Wildman–Crippen LogP) is 4.48. The number of carbonyl (C=O) groups excluding carboxylic acids is 1. The quantitative estimate of drug-likeness (QED) is 0.781. The normalized spacial score (nSPS) is 11.7. The number of hydrogen-bond acceptors (Lipinski definition) is 2. The van der Waals surface area contributed by atoms with Crippen LogP contribution in [0.15, 0.2) is 30.5 Å². The van der Waals surface area contributed by atoms with E-state index in [-0.39, 0.29) is 11.2 Å². The third kappa shape index (κ3) is 3.35. The Morgan fingerprint density at radius 3 is 2.38 bits per heavy atom. The van der Waals surface area contributed by atoms with Crippen molar-refractivity contribution in [2.75, 3.05) is 0 Å². The van der Waals surface area contributed by atoms with Gasteiger partial charge in [0.25, 0.3) is 0 Å². The lowest BCUT2D eigenvalue weighted by Gasteiger charge is -2.19. The van der Waals surface area contributed by atoms with Gasteiger partial charge in [-0.15, -0.1) is 0 Å². The van der Waals surface area contributed by atoms with Gasteiger partial charge in [0.2, 0.25) is 5.78 Å². The summed E-state index contributed by atoms with van der Waals surface area (Å²) in [6, 6.07) is 7.73. The molecule has 0 spiro atoms. The van der Waals surface area contributed by atoms with Gasteiger partial charge in [0.05, 0.1) is 11.2 Å². The summed E-state index contributed by atoms with van der Waals surface area (Å²) < 4.78 is 1.68. The van der Waals surface area contributed by atoms with Crippen molar-refractivity contribution in [1.29, 1.82) is 0 Å². The van der Waals surface area contributed by atoms with Gasteiger partial charge >= 0.3 is 0 Å². The van der Waals surface area contributed by atoms with Crippen molar-refractivity contribution in [3.8, 4) is 0 Å². The lowest BCUT2D eigenvalue weighted by molar-refractivity contribution is 0.102. The maximum absolute atomic E-state index is 12.6. The van der Waals surface area contributed by atoms with Crippen LogP contribution in [0.2, 0.25) is 5.02 Å². The molecule has 0 radical (unpaired) electrons. The van der Waals surface area contributed by atoms with E-state index in [2.05, 4.69) is 25.9 Å². The van der Waals surface area contributed by atoms with Crippen LogP contribution in [0.1, 0.15) is 55.7 Å². The highest BCUT2D eigenvalue weighted by molar-refractivity contribution is 6.34. The lowest BCUT2D eigenvalue weighted by atomic mass is 9.86. The average molecular weight is 305 g/mol. The largest absolute Gasteiger partial charge is 0.287 e. The zero-order valence-electron chi connectivity index (χ0n) is 13.0. The van der Waals surface area contributed by atoms with Crippen LogP contribution in [-0.4, -0.2) is 15.6 Å². The van der Waals surface area contributed by atoms with Gasteiger partial charge in [-0.2, -0.15) is 5.10 Å². The molecule has 0 atom stereocenters. The first-order valence-corrected chi connectivity index (χ1v) is 7.59. The van der Waals surface area contributed by atoms with E-state index in [4.69, 9.17) is 11.6 Å². The van der Waals surface area contributed by atoms with E-state index in [0.717, 1.165) is 6.42 Å². The Morgan fingerprint density at radius 1 is 1.24 bits per heavy atom. The summed E-state index contributed by atoms with van der Waals surface area (Å²) in [5.74, 6) is -0.0774. The fourth-order valence-corrected chi connectivity index (χ4v) is 2.45. The molecule has 1 heterocycles. The van der Waals surface area contributed by atoms with E-state index in [9.17, 15) is 4.79 Å². The molecule has 21 heavy (non-hydrogen) atoms. The molecule has 2 rings (SSSR count). The fraction of sp³-hybridized carbons (Fsp3) is 0.412. The predicted molar refractivity (Wildman–Crippen MR) is 86.1 cm³/mol. The average Bonchev–Trinajstić information content (AvgIpc) is 2.79. The van der Waals surface area contributed by atoms with Crippen LogP contribution in [0.5, 0.6) is 0 Å². The third-order valence-electron chi connectivity index (χ3n) is 3.46. The minimum Gasteiger partial charge on any atom is -0.287 e. The second-order valence-corrected chi connectivity index (χ2v) is 6.63. The number of halogens is 1. The molecule has 0 N–H and O–H groups in total. The van der Waals surface area contributed by atoms with E-state index in [1.807, 2.05) is 31.2 Å². The van der Waals surface area contributed by atoms with E-state index in [1.165, 1.54) is 11.8 Å². The van der Waals surface area contributed by atoms with Crippen LogP contribution in [0.3, 0.4) is 0 Å². The Balaban J connectivity index is 2.34. The van der Waals surface area contributed by atoms with Crippen molar-refractivity contribution >= 4 is 17.4 Å². The Kier molecular flexibility index (Phi) is 4.52. The number of nitrogens with zero attached hydrogens (tertiary/aromatic N) is 2. The van der Waals surface area contributed by atoms with Crippen molar-refractivity contribution < 1.29 is 4.79 Å². The molecular formula is C17H21ClN2O. The van der Waals surface area contributed by atoms with Gasteiger partial charge < -0.3 is 0 Å². The van der Waals surface area contributed by atoms with Gasteiger partial charge in [-0.3, -0.25) is 9.48 Å². The maximum atomic E-state index is 12.6. The summed E-state index contributed by atoms with van der Waals surface area (Å²) in [7, 11) is 0. The van der Waals surface area contributed by atoms with Crippen LogP contribution >= 0.6 is 11.6 Å². The van der Waals surface area contributed by atoms with Crippen LogP contribution in [0.4, 0.5) is 0 Å². The van der Waals surface area contributed by atoms with Gasteiger partial charge in [0, 0.05) is 12.1 Å². The van der Waals surface area contributed by atoms with Crippen molar-refractivity contribution in [1.82, 2.24) is 9.78 Å². The molecular weight excluding hydrogens is 284 g/mol. The first kappa shape index (κ1) is 15.8. The van der Waals surface area contributed by atoms with Gasteiger partial charge in [0.1, 0.15) is 5.69 Å². The molecule has 0 saturated heterocycles. The third-order valence-corrected chi connectivity index (χ3v) is 3.73. The molecule has 0 fully saturated rings. The minimum atomic E-state index is -0.0774. The summed E-state index contributed by atoms with van der Waals surface area (Å²) in [6.45, 7) is 9.18. The van der Waals surface area contributed by atoms with Gasteiger partial charge in [-0.05, 0) is 17.4 Å². The molecule has 112 valence electrons. The smallest absolute Gasteiger partial charge is 0.212 e. The van der Waals surface area contributed by atoms with Gasteiger partial charge in [-0.25, -0.2) is 0 Å². The number of benzene rings is 1. The van der Waals surface area contributed by atoms with Crippen molar-refractivity contribution in [3.05, 3.63) is 52.3 Å². The summed E-state index contributed by atoms with van der Waals surface area (Å²) in [5.41, 5.74) is 2.39. The second kappa shape index (κ2) is 6.02. The standard InChI is InChI=1S/C17H21ClN2O/c1-5-10-20-15(14(18)11-19-20)16(21)12-6-8-13(9-7-12)17(2,3)4/h6-9,11H,5,10H2,1-4H3. The second-order valence-electron chi connectivity index (χ2n) is 6.22. The highest BCUT2D eigenvalue weighted by atomic mass is 35.5. The van der Waals surface area contributed by atoms with E-state index in [0.29, 0.717) is 22.8 Å². The molecule has 1 aromatic carbocycles. The Morgan fingerprint density at radius 2 is 1.86 bits per heavy atom. The molecule has 3 nitrogen and oxygen atoms in total. The zero-order chi connectivity index (χ0) is 15.6. The Labute approximate surface area is 130 Å². The van der Waals surface area contributed by atoms with Crippen molar-refractivity contribution in [3.63, 3.8) is 0 Å². The molecule has 0 bridgehead atoms. The highest BCUT2D eigenvalue weighted by Crippen LogP contribution is 2.24. The molecule has 0 unspecified atom stereocenters. The molecule has 0 saturated carbocycles. The number of carbonyl (C=O) groups is 1. The van der Waals surface area contributed by atoms with Crippen LogP contribution in [0, 0.1) is 0 Å². The van der Waals surface area contributed by atoms with Gasteiger partial charge in [-0.1, -0.05) is 63.6 Å².